The van der Waals surface area contributed by atoms with E-state index in [0.29, 0.717) is 11.6 Å². The third-order valence-corrected chi connectivity index (χ3v) is 4.47. The molecule has 1 aliphatic carbocycles. The molecule has 0 atom stereocenters. The molecular weight excluding hydrogens is 236 g/mol. The first-order valence-corrected chi connectivity index (χ1v) is 7.41. The Hall–Kier alpha value is -1.03. The van der Waals surface area contributed by atoms with Crippen molar-refractivity contribution in [1.29, 1.82) is 0 Å². The molecule has 1 heterocycles. The number of nitrogens with one attached hydrogen (secondary N) is 1. The number of imidazole rings is 1. The summed E-state index contributed by atoms with van der Waals surface area (Å²) in [4.78, 5) is 7.01. The quantitative estimate of drug-likeness (QED) is 0.887. The molecule has 1 aromatic heterocycles. The maximum Gasteiger partial charge on any atom is 0.203 e. The highest BCUT2D eigenvalue weighted by Crippen LogP contribution is 2.34. The van der Waals surface area contributed by atoms with Crippen molar-refractivity contribution in [2.24, 2.45) is 0 Å². The second-order valence-corrected chi connectivity index (χ2v) is 6.39. The van der Waals surface area contributed by atoms with Gasteiger partial charge in [-0.25, -0.2) is 4.98 Å². The van der Waals surface area contributed by atoms with Crippen LogP contribution in [0, 0.1) is 6.92 Å². The molecule has 0 radical (unpaired) electrons. The first-order valence-electron chi connectivity index (χ1n) is 7.41. The summed E-state index contributed by atoms with van der Waals surface area (Å²) in [5.74, 6) is 1.01. The fourth-order valence-corrected chi connectivity index (χ4v) is 3.10. The van der Waals surface area contributed by atoms with Crippen molar-refractivity contribution < 1.29 is 0 Å². The summed E-state index contributed by atoms with van der Waals surface area (Å²) in [5, 5.41) is 3.59. The average Bonchev–Trinajstić information content (AvgIpc) is 2.93. The molecule has 2 rings (SSSR count). The van der Waals surface area contributed by atoms with Gasteiger partial charge in [-0.1, -0.05) is 12.8 Å². The SMILES string of the molecule is Cc1cn(C(C)C)c(NCC2(N(C)C)CCCC2)n1. The summed E-state index contributed by atoms with van der Waals surface area (Å²) in [7, 11) is 4.40. The highest BCUT2D eigenvalue weighted by Gasteiger charge is 2.35. The van der Waals surface area contributed by atoms with Crippen LogP contribution in [-0.2, 0) is 0 Å². The number of hydrogen-bond acceptors (Lipinski definition) is 3. The molecule has 1 fully saturated rings. The van der Waals surface area contributed by atoms with Crippen molar-refractivity contribution in [2.75, 3.05) is 26.0 Å². The largest absolute Gasteiger partial charge is 0.354 e. The molecule has 108 valence electrons. The number of anilines is 1. The molecule has 0 aliphatic heterocycles. The topological polar surface area (TPSA) is 33.1 Å². The predicted molar refractivity (Wildman–Crippen MR) is 80.7 cm³/mol. The van der Waals surface area contributed by atoms with E-state index < -0.39 is 0 Å². The number of hydrogen-bond donors (Lipinski definition) is 1. The van der Waals surface area contributed by atoms with Crippen LogP contribution in [-0.4, -0.2) is 40.6 Å². The summed E-state index contributed by atoms with van der Waals surface area (Å²) < 4.78 is 2.23. The lowest BCUT2D eigenvalue weighted by molar-refractivity contribution is 0.172. The Labute approximate surface area is 117 Å². The van der Waals surface area contributed by atoms with E-state index in [1.165, 1.54) is 25.7 Å². The van der Waals surface area contributed by atoms with Crippen LogP contribution in [0.15, 0.2) is 6.20 Å². The van der Waals surface area contributed by atoms with E-state index in [9.17, 15) is 0 Å². The lowest BCUT2D eigenvalue weighted by Crippen LogP contribution is -2.47. The number of rotatable bonds is 5. The fraction of sp³-hybridized carbons (Fsp3) is 0.800. The van der Waals surface area contributed by atoms with E-state index in [-0.39, 0.29) is 0 Å². The van der Waals surface area contributed by atoms with Crippen LogP contribution in [0.5, 0.6) is 0 Å². The predicted octanol–water partition coefficient (Wildman–Crippen LogP) is 3.06. The van der Waals surface area contributed by atoms with Crippen LogP contribution in [0.2, 0.25) is 0 Å². The minimum absolute atomic E-state index is 0.307. The summed E-state index contributed by atoms with van der Waals surface area (Å²) in [5.41, 5.74) is 1.39. The van der Waals surface area contributed by atoms with E-state index in [1.807, 2.05) is 0 Å². The van der Waals surface area contributed by atoms with Crippen molar-refractivity contribution in [3.8, 4) is 0 Å². The molecule has 1 aliphatic rings. The Kier molecular flexibility index (Phi) is 4.19. The van der Waals surface area contributed by atoms with Gasteiger partial charge in [0.25, 0.3) is 0 Å². The van der Waals surface area contributed by atoms with Gasteiger partial charge in [-0.05, 0) is 47.7 Å². The molecule has 0 spiro atoms. The van der Waals surface area contributed by atoms with E-state index in [0.717, 1.165) is 18.2 Å². The Morgan fingerprint density at radius 2 is 2.00 bits per heavy atom. The second-order valence-electron chi connectivity index (χ2n) is 6.39. The highest BCUT2D eigenvalue weighted by atomic mass is 15.2. The minimum atomic E-state index is 0.307. The van der Waals surface area contributed by atoms with Crippen LogP contribution >= 0.6 is 0 Å². The molecule has 0 bridgehead atoms. The Balaban J connectivity index is 2.09. The molecule has 0 aromatic carbocycles. The molecule has 1 aromatic rings. The van der Waals surface area contributed by atoms with Gasteiger partial charge < -0.3 is 14.8 Å². The van der Waals surface area contributed by atoms with Crippen molar-refractivity contribution >= 4 is 5.95 Å². The maximum atomic E-state index is 4.62. The zero-order valence-corrected chi connectivity index (χ0v) is 13.0. The first kappa shape index (κ1) is 14.4. The van der Waals surface area contributed by atoms with Crippen molar-refractivity contribution in [3.63, 3.8) is 0 Å². The normalized spacial score (nSPS) is 18.5. The monoisotopic (exact) mass is 264 g/mol. The second kappa shape index (κ2) is 5.53. The van der Waals surface area contributed by atoms with Crippen molar-refractivity contribution in [2.45, 2.75) is 58.0 Å². The van der Waals surface area contributed by atoms with E-state index in [4.69, 9.17) is 0 Å². The van der Waals surface area contributed by atoms with Crippen molar-refractivity contribution in [3.05, 3.63) is 11.9 Å². The van der Waals surface area contributed by atoms with Crippen molar-refractivity contribution in [1.82, 2.24) is 14.5 Å². The number of aromatic nitrogens is 2. The van der Waals surface area contributed by atoms with Crippen LogP contribution in [0.1, 0.15) is 51.3 Å². The van der Waals surface area contributed by atoms with Gasteiger partial charge in [-0.3, -0.25) is 0 Å². The number of likely N-dealkylation sites (N-methyl/N-ethyl adjacent to an activating group) is 1. The van der Waals surface area contributed by atoms with E-state index in [2.05, 4.69) is 60.8 Å². The molecule has 0 saturated heterocycles. The molecular formula is C15H28N4. The van der Waals surface area contributed by atoms with Gasteiger partial charge in [0.05, 0.1) is 5.69 Å². The summed E-state index contributed by atoms with van der Waals surface area (Å²) in [6, 6.07) is 0.447. The molecule has 4 heteroatoms. The zero-order valence-electron chi connectivity index (χ0n) is 13.0. The van der Waals surface area contributed by atoms with E-state index in [1.54, 1.807) is 0 Å². The van der Waals surface area contributed by atoms with Gasteiger partial charge in [-0.15, -0.1) is 0 Å². The van der Waals surface area contributed by atoms with Gasteiger partial charge in [-0.2, -0.15) is 0 Å². The average molecular weight is 264 g/mol. The van der Waals surface area contributed by atoms with E-state index >= 15 is 0 Å². The smallest absolute Gasteiger partial charge is 0.203 e. The Morgan fingerprint density at radius 3 is 2.53 bits per heavy atom. The van der Waals surface area contributed by atoms with Crippen LogP contribution in [0.3, 0.4) is 0 Å². The lowest BCUT2D eigenvalue weighted by atomic mass is 9.96. The molecule has 1 N–H and O–H groups in total. The van der Waals surface area contributed by atoms with Gasteiger partial charge in [0.15, 0.2) is 0 Å². The molecule has 4 nitrogen and oxygen atoms in total. The molecule has 0 amide bonds. The summed E-state index contributed by atoms with van der Waals surface area (Å²) in [6.07, 6.45) is 7.39. The van der Waals surface area contributed by atoms with Gasteiger partial charge in [0.1, 0.15) is 0 Å². The Bertz CT molecular complexity index is 414. The van der Waals surface area contributed by atoms with Crippen LogP contribution < -0.4 is 5.32 Å². The first-order chi connectivity index (χ1) is 8.94. The standard InChI is InChI=1S/C15H28N4/c1-12(2)19-10-13(3)17-14(19)16-11-15(18(4)5)8-6-7-9-15/h10,12H,6-9,11H2,1-5H3,(H,16,17). The lowest BCUT2D eigenvalue weighted by Gasteiger charge is -2.36. The van der Waals surface area contributed by atoms with Gasteiger partial charge in [0.2, 0.25) is 5.95 Å². The molecule has 19 heavy (non-hydrogen) atoms. The van der Waals surface area contributed by atoms with Crippen LogP contribution in [0.4, 0.5) is 5.95 Å². The third-order valence-electron chi connectivity index (χ3n) is 4.47. The highest BCUT2D eigenvalue weighted by molar-refractivity contribution is 5.30. The molecule has 0 unspecified atom stereocenters. The minimum Gasteiger partial charge on any atom is -0.354 e. The number of aryl methyl sites for hydroxylation is 1. The van der Waals surface area contributed by atoms with Gasteiger partial charge in [0, 0.05) is 24.3 Å². The Morgan fingerprint density at radius 1 is 1.37 bits per heavy atom. The summed E-state index contributed by atoms with van der Waals surface area (Å²) >= 11 is 0. The fourth-order valence-electron chi connectivity index (χ4n) is 3.10. The van der Waals surface area contributed by atoms with Gasteiger partial charge >= 0.3 is 0 Å². The number of nitrogens with zero attached hydrogens (tertiary/aromatic N) is 3. The summed E-state index contributed by atoms with van der Waals surface area (Å²) in [6.45, 7) is 7.44. The molecule has 1 saturated carbocycles. The zero-order chi connectivity index (χ0) is 14.0. The third kappa shape index (κ3) is 2.94. The van der Waals surface area contributed by atoms with Crippen LogP contribution in [0.25, 0.3) is 0 Å². The maximum absolute atomic E-state index is 4.62.